The minimum atomic E-state index is -0.492. The van der Waals surface area contributed by atoms with E-state index in [0.29, 0.717) is 22.7 Å². The van der Waals surface area contributed by atoms with Gasteiger partial charge in [-0.05, 0) is 61.0 Å². The van der Waals surface area contributed by atoms with Gasteiger partial charge in [0.2, 0.25) is 0 Å². The number of benzene rings is 3. The van der Waals surface area contributed by atoms with Crippen LogP contribution in [0.15, 0.2) is 66.7 Å². The third-order valence-electron chi connectivity index (χ3n) is 4.69. The van der Waals surface area contributed by atoms with Crippen molar-refractivity contribution < 1.29 is 28.2 Å². The second kappa shape index (κ2) is 10.9. The normalized spacial score (nSPS) is 10.3. The number of hydrogen-bond acceptors (Lipinski definition) is 5. The van der Waals surface area contributed by atoms with Crippen molar-refractivity contribution in [2.45, 2.75) is 13.5 Å². The molecule has 170 valence electrons. The molecule has 0 aromatic heterocycles. The number of amides is 2. The van der Waals surface area contributed by atoms with Crippen molar-refractivity contribution in [1.82, 2.24) is 5.32 Å². The molecule has 0 heterocycles. The Hall–Kier alpha value is -4.20. The summed E-state index contributed by atoms with van der Waals surface area (Å²) in [7, 11) is 1.45. The maximum Gasteiger partial charge on any atom is 0.258 e. The summed E-state index contributed by atoms with van der Waals surface area (Å²) in [4.78, 5) is 36.0. The van der Waals surface area contributed by atoms with Crippen LogP contribution in [0.4, 0.5) is 10.1 Å². The van der Waals surface area contributed by atoms with Gasteiger partial charge in [0.1, 0.15) is 5.82 Å². The monoisotopic (exact) mass is 450 g/mol. The Morgan fingerprint density at radius 2 is 1.70 bits per heavy atom. The molecule has 0 aliphatic heterocycles. The predicted molar refractivity (Wildman–Crippen MR) is 121 cm³/mol. The summed E-state index contributed by atoms with van der Waals surface area (Å²) >= 11 is 0. The van der Waals surface area contributed by atoms with Crippen molar-refractivity contribution >= 4 is 23.3 Å². The number of ketones is 1. The van der Waals surface area contributed by atoms with Gasteiger partial charge in [-0.15, -0.1) is 0 Å². The van der Waals surface area contributed by atoms with Crippen molar-refractivity contribution in [2.75, 3.05) is 19.0 Å². The van der Waals surface area contributed by atoms with Gasteiger partial charge in [-0.2, -0.15) is 0 Å². The molecule has 0 bridgehead atoms. The zero-order valence-electron chi connectivity index (χ0n) is 18.2. The fraction of sp³-hybridized carbons (Fsp3) is 0.160. The molecule has 7 nitrogen and oxygen atoms in total. The highest BCUT2D eigenvalue weighted by atomic mass is 19.1. The molecule has 0 saturated carbocycles. The summed E-state index contributed by atoms with van der Waals surface area (Å²) in [6.45, 7) is 1.42. The van der Waals surface area contributed by atoms with Crippen LogP contribution in [0, 0.1) is 5.82 Å². The lowest BCUT2D eigenvalue weighted by Crippen LogP contribution is -2.28. The second-order valence-corrected chi connectivity index (χ2v) is 7.15. The van der Waals surface area contributed by atoms with E-state index < -0.39 is 11.7 Å². The van der Waals surface area contributed by atoms with Crippen LogP contribution in [0.25, 0.3) is 0 Å². The number of carbonyl (C=O) groups is 3. The Morgan fingerprint density at radius 1 is 0.909 bits per heavy atom. The predicted octanol–water partition coefficient (Wildman–Crippen LogP) is 3.98. The molecule has 8 heteroatoms. The number of carbonyl (C=O) groups excluding carboxylic acids is 3. The zero-order valence-corrected chi connectivity index (χ0v) is 18.2. The highest BCUT2D eigenvalue weighted by molar-refractivity contribution is 6.04. The van der Waals surface area contributed by atoms with Gasteiger partial charge < -0.3 is 20.1 Å². The number of anilines is 1. The molecule has 0 fully saturated rings. The lowest BCUT2D eigenvalue weighted by molar-refractivity contribution is -0.123. The maximum atomic E-state index is 13.3. The first-order chi connectivity index (χ1) is 15.9. The molecule has 0 unspecified atom stereocenters. The molecule has 0 aliphatic rings. The van der Waals surface area contributed by atoms with E-state index in [1.54, 1.807) is 42.5 Å². The SMILES string of the molecule is COc1cc(C(C)=O)ccc1OCC(=O)NCc1cccc(NC(=O)c2cccc(F)c2)c1. The van der Waals surface area contributed by atoms with Gasteiger partial charge in [-0.3, -0.25) is 14.4 Å². The van der Waals surface area contributed by atoms with E-state index in [4.69, 9.17) is 9.47 Å². The molecular weight excluding hydrogens is 427 g/mol. The number of methoxy groups -OCH3 is 1. The van der Waals surface area contributed by atoms with Crippen LogP contribution in [0.5, 0.6) is 11.5 Å². The molecular formula is C25H23FN2O5. The van der Waals surface area contributed by atoms with Gasteiger partial charge in [-0.1, -0.05) is 18.2 Å². The average Bonchev–Trinajstić information content (AvgIpc) is 2.81. The first kappa shape index (κ1) is 23.5. The molecule has 3 aromatic rings. The Morgan fingerprint density at radius 3 is 2.42 bits per heavy atom. The van der Waals surface area contributed by atoms with Crippen molar-refractivity contribution in [2.24, 2.45) is 0 Å². The Labute approximate surface area is 190 Å². The average molecular weight is 450 g/mol. The molecule has 2 N–H and O–H groups in total. The van der Waals surface area contributed by atoms with E-state index in [1.807, 2.05) is 0 Å². The molecule has 33 heavy (non-hydrogen) atoms. The first-order valence-electron chi connectivity index (χ1n) is 10.1. The number of rotatable bonds is 9. The molecule has 0 atom stereocenters. The van der Waals surface area contributed by atoms with Crippen molar-refractivity contribution in [3.05, 3.63) is 89.2 Å². The van der Waals surface area contributed by atoms with Crippen LogP contribution in [0.2, 0.25) is 0 Å². The molecule has 3 aromatic carbocycles. The van der Waals surface area contributed by atoms with Gasteiger partial charge in [0, 0.05) is 23.4 Å². The minimum Gasteiger partial charge on any atom is -0.493 e. The van der Waals surface area contributed by atoms with Crippen LogP contribution >= 0.6 is 0 Å². The Bertz CT molecular complexity index is 1180. The highest BCUT2D eigenvalue weighted by Gasteiger charge is 2.11. The smallest absolute Gasteiger partial charge is 0.258 e. The lowest BCUT2D eigenvalue weighted by atomic mass is 10.1. The summed E-state index contributed by atoms with van der Waals surface area (Å²) in [5.41, 5.74) is 1.96. The molecule has 3 rings (SSSR count). The van der Waals surface area contributed by atoms with Crippen LogP contribution in [-0.4, -0.2) is 31.3 Å². The van der Waals surface area contributed by atoms with Crippen LogP contribution in [0.1, 0.15) is 33.2 Å². The topological polar surface area (TPSA) is 93.7 Å². The summed E-state index contributed by atoms with van der Waals surface area (Å²) in [5.74, 6) is -0.687. The van der Waals surface area contributed by atoms with E-state index in [2.05, 4.69) is 10.6 Å². The molecule has 2 amide bonds. The van der Waals surface area contributed by atoms with E-state index >= 15 is 0 Å². The van der Waals surface area contributed by atoms with Crippen LogP contribution < -0.4 is 20.1 Å². The van der Waals surface area contributed by atoms with Gasteiger partial charge >= 0.3 is 0 Å². The van der Waals surface area contributed by atoms with Gasteiger partial charge in [0.25, 0.3) is 11.8 Å². The zero-order chi connectivity index (χ0) is 23.8. The van der Waals surface area contributed by atoms with Crippen LogP contribution in [0.3, 0.4) is 0 Å². The molecule has 0 radical (unpaired) electrons. The standard InChI is InChI=1S/C25H23FN2O5/c1-16(29)18-9-10-22(23(13-18)32-2)33-15-24(30)27-14-17-5-3-8-21(11-17)28-25(31)19-6-4-7-20(26)12-19/h3-13H,14-15H2,1-2H3,(H,27,30)(H,28,31). The fourth-order valence-corrected chi connectivity index (χ4v) is 2.99. The molecule has 0 saturated heterocycles. The summed E-state index contributed by atoms with van der Waals surface area (Å²) in [5, 5.41) is 5.44. The van der Waals surface area contributed by atoms with E-state index in [0.717, 1.165) is 11.6 Å². The lowest BCUT2D eigenvalue weighted by Gasteiger charge is -2.12. The minimum absolute atomic E-state index is 0.105. The third kappa shape index (κ3) is 6.64. The summed E-state index contributed by atoms with van der Waals surface area (Å²) < 4.78 is 24.0. The molecule has 0 aliphatic carbocycles. The highest BCUT2D eigenvalue weighted by Crippen LogP contribution is 2.28. The van der Waals surface area contributed by atoms with Crippen molar-refractivity contribution in [3.63, 3.8) is 0 Å². The number of Topliss-reactive ketones (excluding diaryl/α,β-unsaturated/α-hetero) is 1. The number of nitrogens with one attached hydrogen (secondary N) is 2. The Kier molecular flexibility index (Phi) is 7.75. The van der Waals surface area contributed by atoms with Gasteiger partial charge in [0.05, 0.1) is 7.11 Å². The fourth-order valence-electron chi connectivity index (χ4n) is 2.99. The number of hydrogen-bond donors (Lipinski definition) is 2. The van der Waals surface area contributed by atoms with Gasteiger partial charge in [0.15, 0.2) is 23.9 Å². The molecule has 0 spiro atoms. The first-order valence-corrected chi connectivity index (χ1v) is 10.1. The van der Waals surface area contributed by atoms with Gasteiger partial charge in [-0.25, -0.2) is 4.39 Å². The summed E-state index contributed by atoms with van der Waals surface area (Å²) in [6, 6.07) is 17.1. The largest absolute Gasteiger partial charge is 0.493 e. The third-order valence-corrected chi connectivity index (χ3v) is 4.69. The maximum absolute atomic E-state index is 13.3. The van der Waals surface area contributed by atoms with E-state index in [9.17, 15) is 18.8 Å². The van der Waals surface area contributed by atoms with Crippen molar-refractivity contribution in [3.8, 4) is 11.5 Å². The number of halogens is 1. The second-order valence-electron chi connectivity index (χ2n) is 7.15. The van der Waals surface area contributed by atoms with Crippen LogP contribution in [-0.2, 0) is 11.3 Å². The quantitative estimate of drug-likeness (QED) is 0.481. The summed E-state index contributed by atoms with van der Waals surface area (Å²) in [6.07, 6.45) is 0. The number of ether oxygens (including phenoxy) is 2. The Balaban J connectivity index is 1.53. The van der Waals surface area contributed by atoms with Crippen molar-refractivity contribution in [1.29, 1.82) is 0 Å². The van der Waals surface area contributed by atoms with E-state index in [1.165, 1.54) is 32.2 Å². The van der Waals surface area contributed by atoms with E-state index in [-0.39, 0.29) is 30.4 Å².